The van der Waals surface area contributed by atoms with Crippen LogP contribution >= 0.6 is 0 Å². The van der Waals surface area contributed by atoms with E-state index in [0.717, 1.165) is 0 Å². The predicted octanol–water partition coefficient (Wildman–Crippen LogP) is 0.415. The van der Waals surface area contributed by atoms with Crippen LogP contribution in [0.3, 0.4) is 0 Å². The van der Waals surface area contributed by atoms with Gasteiger partial charge in [0.2, 0.25) is 5.95 Å². The molecule has 0 fully saturated rings. The number of rotatable bonds is 3. The number of H-pyrrole nitrogens is 1. The quantitative estimate of drug-likeness (QED) is 0.741. The second-order valence-corrected chi connectivity index (χ2v) is 5.23. The van der Waals surface area contributed by atoms with Gasteiger partial charge in [0.1, 0.15) is 6.54 Å². The third kappa shape index (κ3) is 2.90. The molecule has 2 aromatic rings. The number of hydrogen-bond acceptors (Lipinski definition) is 5. The first kappa shape index (κ1) is 13.1. The molecule has 8 nitrogen and oxygen atoms in total. The molecule has 2 aromatic heterocycles. The number of aromatic amines is 1. The van der Waals surface area contributed by atoms with Crippen molar-refractivity contribution in [1.82, 2.24) is 19.5 Å². The Morgan fingerprint density at radius 3 is 2.79 bits per heavy atom. The van der Waals surface area contributed by atoms with E-state index >= 15 is 0 Å². The normalized spacial score (nSPS) is 11.7. The molecule has 8 heteroatoms. The summed E-state index contributed by atoms with van der Waals surface area (Å²) >= 11 is 0. The van der Waals surface area contributed by atoms with E-state index < -0.39 is 11.5 Å². The van der Waals surface area contributed by atoms with Crippen molar-refractivity contribution in [2.24, 2.45) is 0 Å². The van der Waals surface area contributed by atoms with Gasteiger partial charge in [-0.2, -0.15) is 4.98 Å². The molecule has 0 unspecified atom stereocenters. The zero-order valence-electron chi connectivity index (χ0n) is 10.9. The molecule has 0 saturated heterocycles. The summed E-state index contributed by atoms with van der Waals surface area (Å²) in [4.78, 5) is 33.2. The number of aliphatic carboxylic acids is 1. The molecule has 0 saturated carbocycles. The van der Waals surface area contributed by atoms with Gasteiger partial charge in [0.15, 0.2) is 11.2 Å². The van der Waals surface area contributed by atoms with Gasteiger partial charge in [-0.3, -0.25) is 14.6 Å². The summed E-state index contributed by atoms with van der Waals surface area (Å²) in [7, 11) is 0. The number of anilines is 1. The maximum atomic E-state index is 11.8. The lowest BCUT2D eigenvalue weighted by atomic mass is 10.1. The average molecular weight is 265 g/mol. The van der Waals surface area contributed by atoms with E-state index in [0.29, 0.717) is 0 Å². The standard InChI is InChI=1S/C11H15N5O3/c1-11(2,3)15-10-13-8-7(9(19)14-10)12-5-16(8)4-6(17)18/h5H,4H2,1-3H3,(H,17,18)(H2,13,14,15,19). The Bertz CT molecular complexity index is 680. The van der Waals surface area contributed by atoms with E-state index in [1.165, 1.54) is 10.9 Å². The molecule has 0 bridgehead atoms. The highest BCUT2D eigenvalue weighted by atomic mass is 16.4. The van der Waals surface area contributed by atoms with Gasteiger partial charge in [0.25, 0.3) is 5.56 Å². The van der Waals surface area contributed by atoms with E-state index in [-0.39, 0.29) is 29.2 Å². The highest BCUT2D eigenvalue weighted by Crippen LogP contribution is 2.12. The molecule has 0 amide bonds. The van der Waals surface area contributed by atoms with Crippen molar-refractivity contribution >= 4 is 23.1 Å². The Labute approximate surface area is 108 Å². The molecule has 2 rings (SSSR count). The highest BCUT2D eigenvalue weighted by molar-refractivity contribution is 5.74. The zero-order chi connectivity index (χ0) is 14.2. The lowest BCUT2D eigenvalue weighted by molar-refractivity contribution is -0.137. The van der Waals surface area contributed by atoms with Gasteiger partial charge < -0.3 is 15.0 Å². The summed E-state index contributed by atoms with van der Waals surface area (Å²) < 4.78 is 1.32. The SMILES string of the molecule is CC(C)(C)Nc1nc2c(ncn2CC(=O)O)c(=O)[nH]1. The van der Waals surface area contributed by atoms with Gasteiger partial charge in [-0.1, -0.05) is 0 Å². The van der Waals surface area contributed by atoms with Crippen molar-refractivity contribution in [3.63, 3.8) is 0 Å². The van der Waals surface area contributed by atoms with E-state index in [2.05, 4.69) is 20.3 Å². The number of carboxylic acids is 1. The molecular weight excluding hydrogens is 250 g/mol. The van der Waals surface area contributed by atoms with E-state index in [1.807, 2.05) is 20.8 Å². The van der Waals surface area contributed by atoms with E-state index in [1.54, 1.807) is 0 Å². The first-order valence-electron chi connectivity index (χ1n) is 5.71. The zero-order valence-corrected chi connectivity index (χ0v) is 10.9. The molecule has 0 aliphatic heterocycles. The Morgan fingerprint density at radius 2 is 2.21 bits per heavy atom. The van der Waals surface area contributed by atoms with Gasteiger partial charge in [0.05, 0.1) is 6.33 Å². The summed E-state index contributed by atoms with van der Waals surface area (Å²) in [6, 6.07) is 0. The molecule has 0 aliphatic rings. The van der Waals surface area contributed by atoms with Crippen molar-refractivity contribution in [2.75, 3.05) is 5.32 Å². The highest BCUT2D eigenvalue weighted by Gasteiger charge is 2.15. The Hall–Kier alpha value is -2.38. The topological polar surface area (TPSA) is 113 Å². The van der Waals surface area contributed by atoms with Crippen LogP contribution in [0.4, 0.5) is 5.95 Å². The van der Waals surface area contributed by atoms with Crippen molar-refractivity contribution in [1.29, 1.82) is 0 Å². The van der Waals surface area contributed by atoms with Crippen LogP contribution < -0.4 is 10.9 Å². The van der Waals surface area contributed by atoms with Crippen molar-refractivity contribution in [2.45, 2.75) is 32.9 Å². The molecule has 2 heterocycles. The van der Waals surface area contributed by atoms with Crippen LogP contribution in [-0.4, -0.2) is 36.1 Å². The third-order valence-electron chi connectivity index (χ3n) is 2.27. The van der Waals surface area contributed by atoms with Crippen LogP contribution in [0, 0.1) is 0 Å². The lowest BCUT2D eigenvalue weighted by Gasteiger charge is -2.20. The first-order valence-corrected chi connectivity index (χ1v) is 5.71. The number of nitrogens with zero attached hydrogens (tertiary/aromatic N) is 3. The Morgan fingerprint density at radius 1 is 1.53 bits per heavy atom. The van der Waals surface area contributed by atoms with Crippen molar-refractivity contribution in [3.8, 4) is 0 Å². The number of aromatic nitrogens is 4. The van der Waals surface area contributed by atoms with Crippen LogP contribution in [0.25, 0.3) is 11.2 Å². The smallest absolute Gasteiger partial charge is 0.323 e. The summed E-state index contributed by atoms with van der Waals surface area (Å²) in [6.07, 6.45) is 1.29. The van der Waals surface area contributed by atoms with E-state index in [9.17, 15) is 9.59 Å². The largest absolute Gasteiger partial charge is 0.480 e. The molecule has 0 radical (unpaired) electrons. The first-order chi connectivity index (χ1) is 8.76. The lowest BCUT2D eigenvalue weighted by Crippen LogP contribution is -2.29. The fraction of sp³-hybridized carbons (Fsp3) is 0.455. The minimum Gasteiger partial charge on any atom is -0.480 e. The molecule has 19 heavy (non-hydrogen) atoms. The number of nitrogens with one attached hydrogen (secondary N) is 2. The maximum absolute atomic E-state index is 11.8. The van der Waals surface area contributed by atoms with Crippen LogP contribution in [0.15, 0.2) is 11.1 Å². The van der Waals surface area contributed by atoms with Crippen LogP contribution in [0.1, 0.15) is 20.8 Å². The molecule has 0 spiro atoms. The molecule has 3 N–H and O–H groups in total. The average Bonchev–Trinajstić information content (AvgIpc) is 2.58. The second kappa shape index (κ2) is 4.38. The summed E-state index contributed by atoms with van der Waals surface area (Å²) in [5.74, 6) is -0.733. The van der Waals surface area contributed by atoms with Gasteiger partial charge >= 0.3 is 5.97 Å². The summed E-state index contributed by atoms with van der Waals surface area (Å²) in [5.41, 5.74) is -0.305. The predicted molar refractivity (Wildman–Crippen MR) is 69.2 cm³/mol. The molecule has 102 valence electrons. The number of fused-ring (bicyclic) bond motifs is 1. The monoisotopic (exact) mass is 265 g/mol. The molecule has 0 aliphatic carbocycles. The summed E-state index contributed by atoms with van der Waals surface area (Å²) in [5, 5.41) is 11.8. The number of carbonyl (C=O) groups is 1. The fourth-order valence-corrected chi connectivity index (χ4v) is 1.63. The minimum atomic E-state index is -1.02. The molecule has 0 aromatic carbocycles. The number of carboxylic acid groups (broad SMARTS) is 1. The van der Waals surface area contributed by atoms with Gasteiger partial charge in [-0.15, -0.1) is 0 Å². The minimum absolute atomic E-state index is 0.126. The molecule has 0 atom stereocenters. The maximum Gasteiger partial charge on any atom is 0.323 e. The van der Waals surface area contributed by atoms with E-state index in [4.69, 9.17) is 5.11 Å². The fourth-order valence-electron chi connectivity index (χ4n) is 1.63. The Kier molecular flexibility index (Phi) is 3.01. The van der Waals surface area contributed by atoms with Gasteiger partial charge in [0, 0.05) is 5.54 Å². The summed E-state index contributed by atoms with van der Waals surface area (Å²) in [6.45, 7) is 5.48. The van der Waals surface area contributed by atoms with Crippen LogP contribution in [-0.2, 0) is 11.3 Å². The van der Waals surface area contributed by atoms with Crippen LogP contribution in [0.2, 0.25) is 0 Å². The van der Waals surface area contributed by atoms with Crippen molar-refractivity contribution < 1.29 is 9.90 Å². The third-order valence-corrected chi connectivity index (χ3v) is 2.27. The van der Waals surface area contributed by atoms with Gasteiger partial charge in [-0.05, 0) is 20.8 Å². The Balaban J connectivity index is 2.53. The number of imidazole rings is 1. The van der Waals surface area contributed by atoms with Gasteiger partial charge in [-0.25, -0.2) is 4.98 Å². The van der Waals surface area contributed by atoms with Crippen LogP contribution in [0.5, 0.6) is 0 Å². The van der Waals surface area contributed by atoms with Crippen molar-refractivity contribution in [3.05, 3.63) is 16.7 Å². The number of hydrogen-bond donors (Lipinski definition) is 3. The second-order valence-electron chi connectivity index (χ2n) is 5.23. The molecular formula is C11H15N5O3.